The van der Waals surface area contributed by atoms with Crippen molar-refractivity contribution in [2.75, 3.05) is 6.61 Å². The van der Waals surface area contributed by atoms with E-state index in [2.05, 4.69) is 15.9 Å². The van der Waals surface area contributed by atoms with Crippen LogP contribution in [0.1, 0.15) is 24.4 Å². The second kappa shape index (κ2) is 7.17. The molecule has 0 saturated heterocycles. The standard InChI is InChI=1S/C10H13BrFNO.ClH/c11-8-4-7(5-9(12)6-8)10(13)2-1-3-14;/h4-6,10,14H,1-3,13H2;1H/t10-;/m0./s1. The number of hydrogen-bond donors (Lipinski definition) is 2. The average Bonchev–Trinajstić information content (AvgIpc) is 2.12. The molecular formula is C10H14BrClFNO. The number of halogens is 3. The maximum Gasteiger partial charge on any atom is 0.124 e. The maximum atomic E-state index is 13.0. The highest BCUT2D eigenvalue weighted by molar-refractivity contribution is 9.10. The molecular weight excluding hydrogens is 284 g/mol. The van der Waals surface area contributed by atoms with Gasteiger partial charge in [0.1, 0.15) is 5.82 Å². The Morgan fingerprint density at radius 1 is 1.40 bits per heavy atom. The van der Waals surface area contributed by atoms with Crippen molar-refractivity contribution in [3.05, 3.63) is 34.1 Å². The van der Waals surface area contributed by atoms with Crippen LogP contribution in [-0.2, 0) is 0 Å². The summed E-state index contributed by atoms with van der Waals surface area (Å²) in [5.74, 6) is -0.297. The minimum Gasteiger partial charge on any atom is -0.396 e. The van der Waals surface area contributed by atoms with Crippen LogP contribution in [0.3, 0.4) is 0 Å². The Balaban J connectivity index is 0.00000196. The molecule has 0 aliphatic heterocycles. The Bertz CT molecular complexity index is 291. The molecule has 1 aromatic carbocycles. The summed E-state index contributed by atoms with van der Waals surface area (Å²) >= 11 is 3.20. The third kappa shape index (κ3) is 4.93. The fourth-order valence-electron chi connectivity index (χ4n) is 1.27. The van der Waals surface area contributed by atoms with Crippen molar-refractivity contribution in [2.24, 2.45) is 5.73 Å². The molecule has 3 N–H and O–H groups in total. The molecule has 0 spiro atoms. The van der Waals surface area contributed by atoms with Gasteiger partial charge in [0, 0.05) is 17.1 Å². The molecule has 0 aliphatic rings. The van der Waals surface area contributed by atoms with E-state index in [0.29, 0.717) is 17.3 Å². The Labute approximate surface area is 103 Å². The lowest BCUT2D eigenvalue weighted by Crippen LogP contribution is -2.11. The zero-order valence-electron chi connectivity index (χ0n) is 8.12. The summed E-state index contributed by atoms with van der Waals surface area (Å²) in [6, 6.07) is 4.40. The quantitative estimate of drug-likeness (QED) is 0.898. The third-order valence-electron chi connectivity index (χ3n) is 1.99. The van der Waals surface area contributed by atoms with Crippen LogP contribution >= 0.6 is 28.3 Å². The molecule has 0 bridgehead atoms. The molecule has 1 aromatic rings. The van der Waals surface area contributed by atoms with Crippen LogP contribution in [0.2, 0.25) is 0 Å². The average molecular weight is 299 g/mol. The van der Waals surface area contributed by atoms with Crippen LogP contribution in [0.25, 0.3) is 0 Å². The van der Waals surface area contributed by atoms with Gasteiger partial charge in [0.05, 0.1) is 0 Å². The van der Waals surface area contributed by atoms with Gasteiger partial charge < -0.3 is 10.8 Å². The third-order valence-corrected chi connectivity index (χ3v) is 2.44. The van der Waals surface area contributed by atoms with Crippen LogP contribution in [0, 0.1) is 5.82 Å². The predicted molar refractivity (Wildman–Crippen MR) is 64.6 cm³/mol. The molecule has 0 aliphatic carbocycles. The normalized spacial score (nSPS) is 12.0. The van der Waals surface area contributed by atoms with Gasteiger partial charge in [0.25, 0.3) is 0 Å². The molecule has 2 nitrogen and oxygen atoms in total. The van der Waals surface area contributed by atoms with Gasteiger partial charge in [-0.05, 0) is 36.6 Å². The summed E-state index contributed by atoms with van der Waals surface area (Å²) in [4.78, 5) is 0. The highest BCUT2D eigenvalue weighted by atomic mass is 79.9. The van der Waals surface area contributed by atoms with Gasteiger partial charge in [-0.15, -0.1) is 12.4 Å². The smallest absolute Gasteiger partial charge is 0.124 e. The Morgan fingerprint density at radius 2 is 2.07 bits per heavy atom. The molecule has 0 unspecified atom stereocenters. The molecule has 1 rings (SSSR count). The summed E-state index contributed by atoms with van der Waals surface area (Å²) < 4.78 is 13.7. The van der Waals surface area contributed by atoms with Gasteiger partial charge in [0.2, 0.25) is 0 Å². The first-order valence-corrected chi connectivity index (χ1v) is 5.25. The largest absolute Gasteiger partial charge is 0.396 e. The highest BCUT2D eigenvalue weighted by Gasteiger charge is 2.07. The molecule has 5 heteroatoms. The lowest BCUT2D eigenvalue weighted by molar-refractivity contribution is 0.280. The first-order valence-electron chi connectivity index (χ1n) is 4.46. The van der Waals surface area contributed by atoms with E-state index >= 15 is 0 Å². The molecule has 0 saturated carbocycles. The van der Waals surface area contributed by atoms with E-state index in [4.69, 9.17) is 10.8 Å². The topological polar surface area (TPSA) is 46.2 Å². The summed E-state index contributed by atoms with van der Waals surface area (Å²) in [6.45, 7) is 0.115. The molecule has 0 fully saturated rings. The summed E-state index contributed by atoms with van der Waals surface area (Å²) in [6.07, 6.45) is 1.29. The van der Waals surface area contributed by atoms with Crippen molar-refractivity contribution in [3.63, 3.8) is 0 Å². The number of hydrogen-bond acceptors (Lipinski definition) is 2. The van der Waals surface area contributed by atoms with E-state index < -0.39 is 0 Å². The second-order valence-electron chi connectivity index (χ2n) is 3.18. The predicted octanol–water partition coefficient (Wildman–Crippen LogP) is 2.78. The van der Waals surface area contributed by atoms with E-state index in [0.717, 1.165) is 5.56 Å². The van der Waals surface area contributed by atoms with E-state index in [1.807, 2.05) is 0 Å². The molecule has 86 valence electrons. The summed E-state index contributed by atoms with van der Waals surface area (Å²) in [5.41, 5.74) is 6.58. The zero-order valence-corrected chi connectivity index (χ0v) is 10.5. The maximum absolute atomic E-state index is 13.0. The number of aliphatic hydroxyl groups is 1. The SMILES string of the molecule is Cl.N[C@@H](CCCO)c1cc(F)cc(Br)c1. The number of aliphatic hydroxyl groups excluding tert-OH is 1. The van der Waals surface area contributed by atoms with Crippen molar-refractivity contribution in [1.29, 1.82) is 0 Å². The first-order chi connectivity index (χ1) is 6.63. The first kappa shape index (κ1) is 14.8. The molecule has 0 heterocycles. The summed E-state index contributed by atoms with van der Waals surface area (Å²) in [5, 5.41) is 8.63. The van der Waals surface area contributed by atoms with E-state index in [-0.39, 0.29) is 30.9 Å². The van der Waals surface area contributed by atoms with E-state index in [9.17, 15) is 4.39 Å². The molecule has 0 aromatic heterocycles. The van der Waals surface area contributed by atoms with Gasteiger partial charge in [0.15, 0.2) is 0 Å². The molecule has 1 atom stereocenters. The van der Waals surface area contributed by atoms with Crippen LogP contribution in [0.4, 0.5) is 4.39 Å². The van der Waals surface area contributed by atoms with Gasteiger partial charge in [-0.2, -0.15) is 0 Å². The number of nitrogens with two attached hydrogens (primary N) is 1. The Morgan fingerprint density at radius 3 is 2.60 bits per heavy atom. The second-order valence-corrected chi connectivity index (χ2v) is 4.09. The van der Waals surface area contributed by atoms with Gasteiger partial charge in [-0.25, -0.2) is 4.39 Å². The summed E-state index contributed by atoms with van der Waals surface area (Å²) in [7, 11) is 0. The van der Waals surface area contributed by atoms with Crippen LogP contribution in [0.15, 0.2) is 22.7 Å². The van der Waals surface area contributed by atoms with E-state index in [1.54, 1.807) is 6.07 Å². The highest BCUT2D eigenvalue weighted by Crippen LogP contribution is 2.21. The number of benzene rings is 1. The molecule has 0 radical (unpaired) electrons. The molecule has 0 amide bonds. The lowest BCUT2D eigenvalue weighted by atomic mass is 10.0. The van der Waals surface area contributed by atoms with Crippen LogP contribution in [-0.4, -0.2) is 11.7 Å². The Kier molecular flexibility index (Phi) is 7.09. The Hall–Kier alpha value is -0.160. The fourth-order valence-corrected chi connectivity index (χ4v) is 1.75. The minimum absolute atomic E-state index is 0. The monoisotopic (exact) mass is 297 g/mol. The lowest BCUT2D eigenvalue weighted by Gasteiger charge is -2.11. The van der Waals surface area contributed by atoms with Crippen molar-refractivity contribution in [2.45, 2.75) is 18.9 Å². The molecule has 15 heavy (non-hydrogen) atoms. The zero-order chi connectivity index (χ0) is 10.6. The van der Waals surface area contributed by atoms with Crippen LogP contribution in [0.5, 0.6) is 0 Å². The van der Waals surface area contributed by atoms with Crippen molar-refractivity contribution in [1.82, 2.24) is 0 Å². The van der Waals surface area contributed by atoms with Crippen molar-refractivity contribution >= 4 is 28.3 Å². The van der Waals surface area contributed by atoms with Gasteiger partial charge in [-0.3, -0.25) is 0 Å². The van der Waals surface area contributed by atoms with Gasteiger partial charge >= 0.3 is 0 Å². The van der Waals surface area contributed by atoms with Crippen LogP contribution < -0.4 is 5.73 Å². The van der Waals surface area contributed by atoms with Gasteiger partial charge in [-0.1, -0.05) is 15.9 Å². The van der Waals surface area contributed by atoms with Crippen molar-refractivity contribution < 1.29 is 9.50 Å². The minimum atomic E-state index is -0.297. The van der Waals surface area contributed by atoms with E-state index in [1.165, 1.54) is 12.1 Å². The number of rotatable bonds is 4. The van der Waals surface area contributed by atoms with Crippen molar-refractivity contribution in [3.8, 4) is 0 Å². The fraction of sp³-hybridized carbons (Fsp3) is 0.400.